The van der Waals surface area contributed by atoms with E-state index in [2.05, 4.69) is 20.7 Å². The van der Waals surface area contributed by atoms with E-state index in [0.29, 0.717) is 11.7 Å². The van der Waals surface area contributed by atoms with Gasteiger partial charge < -0.3 is 15.8 Å². The summed E-state index contributed by atoms with van der Waals surface area (Å²) in [6.07, 6.45) is 4.36. The van der Waals surface area contributed by atoms with Gasteiger partial charge >= 0.3 is 0 Å². The Morgan fingerprint density at radius 1 is 1.41 bits per heavy atom. The lowest BCUT2D eigenvalue weighted by Crippen LogP contribution is -2.23. The van der Waals surface area contributed by atoms with Crippen molar-refractivity contribution in [3.05, 3.63) is 11.9 Å². The zero-order valence-corrected chi connectivity index (χ0v) is 9.98. The molecule has 2 rings (SSSR count). The molecule has 0 amide bonds. The van der Waals surface area contributed by atoms with E-state index in [-0.39, 0.29) is 6.10 Å². The molecule has 2 atom stereocenters. The van der Waals surface area contributed by atoms with Crippen molar-refractivity contribution in [3.63, 3.8) is 0 Å². The van der Waals surface area contributed by atoms with Crippen LogP contribution in [0.3, 0.4) is 0 Å². The molecule has 2 unspecified atom stereocenters. The maximum Gasteiger partial charge on any atom is 0.148 e. The molecule has 5 N–H and O–H groups in total. The maximum atomic E-state index is 9.73. The number of nitrogens with zero attached hydrogens (tertiary/aromatic N) is 2. The fraction of sp³-hybridized carbons (Fsp3) is 0.636. The number of rotatable bonds is 4. The molecule has 6 nitrogen and oxygen atoms in total. The molecule has 1 aliphatic carbocycles. The second-order valence-corrected chi connectivity index (χ2v) is 4.48. The lowest BCUT2D eigenvalue weighted by Gasteiger charge is -2.17. The van der Waals surface area contributed by atoms with Crippen molar-refractivity contribution in [1.82, 2.24) is 9.97 Å². The topological polar surface area (TPSA) is 96.1 Å². The summed E-state index contributed by atoms with van der Waals surface area (Å²) >= 11 is 0. The Balaban J connectivity index is 1.99. The molecule has 17 heavy (non-hydrogen) atoms. The van der Waals surface area contributed by atoms with Crippen LogP contribution in [-0.4, -0.2) is 27.7 Å². The second kappa shape index (κ2) is 5.29. The van der Waals surface area contributed by atoms with E-state index < -0.39 is 0 Å². The van der Waals surface area contributed by atoms with Gasteiger partial charge in [-0.05, 0) is 19.8 Å². The molecule has 1 aromatic rings. The van der Waals surface area contributed by atoms with E-state index in [1.165, 1.54) is 6.33 Å². The van der Waals surface area contributed by atoms with Crippen molar-refractivity contribution in [1.29, 1.82) is 0 Å². The van der Waals surface area contributed by atoms with E-state index >= 15 is 0 Å². The standard InChI is InChI=1S/C11H19N5O/c1-7-10(14-6-15-11(7)16-12)13-5-8-3-2-4-9(8)17/h6,8-9,17H,2-5,12H2,1H3,(H2,13,14,15,16). The third-order valence-corrected chi connectivity index (χ3v) is 3.37. The predicted molar refractivity (Wildman–Crippen MR) is 66.4 cm³/mol. The summed E-state index contributed by atoms with van der Waals surface area (Å²) < 4.78 is 0. The van der Waals surface area contributed by atoms with Crippen molar-refractivity contribution in [3.8, 4) is 0 Å². The average molecular weight is 237 g/mol. The van der Waals surface area contributed by atoms with Crippen LogP contribution in [0, 0.1) is 12.8 Å². The highest BCUT2D eigenvalue weighted by Crippen LogP contribution is 2.26. The number of anilines is 2. The Kier molecular flexibility index (Phi) is 3.75. The predicted octanol–water partition coefficient (Wildman–Crippen LogP) is 0.644. The quantitative estimate of drug-likeness (QED) is 0.453. The second-order valence-electron chi connectivity index (χ2n) is 4.48. The maximum absolute atomic E-state index is 9.73. The summed E-state index contributed by atoms with van der Waals surface area (Å²) in [5, 5.41) is 13.0. The fourth-order valence-electron chi connectivity index (χ4n) is 2.26. The summed E-state index contributed by atoms with van der Waals surface area (Å²) in [7, 11) is 0. The molecule has 0 aromatic carbocycles. The molecular formula is C11H19N5O. The van der Waals surface area contributed by atoms with Crippen molar-refractivity contribution < 1.29 is 5.11 Å². The molecule has 6 heteroatoms. The molecule has 0 radical (unpaired) electrons. The number of aliphatic hydroxyl groups is 1. The molecule has 1 fully saturated rings. The van der Waals surface area contributed by atoms with Gasteiger partial charge in [0.25, 0.3) is 0 Å². The van der Waals surface area contributed by atoms with E-state index in [9.17, 15) is 5.11 Å². The minimum atomic E-state index is -0.184. The summed E-state index contributed by atoms with van der Waals surface area (Å²) in [5.41, 5.74) is 3.42. The van der Waals surface area contributed by atoms with Gasteiger partial charge in [0.1, 0.15) is 18.0 Å². The van der Waals surface area contributed by atoms with Crippen molar-refractivity contribution in [2.75, 3.05) is 17.3 Å². The van der Waals surface area contributed by atoms with Crippen LogP contribution in [0.2, 0.25) is 0 Å². The number of nitrogens with one attached hydrogen (secondary N) is 2. The lowest BCUT2D eigenvalue weighted by molar-refractivity contribution is 0.138. The van der Waals surface area contributed by atoms with Gasteiger partial charge in [0.2, 0.25) is 0 Å². The van der Waals surface area contributed by atoms with Crippen molar-refractivity contribution in [2.24, 2.45) is 11.8 Å². The Morgan fingerprint density at radius 2 is 2.18 bits per heavy atom. The molecular weight excluding hydrogens is 218 g/mol. The molecule has 0 saturated heterocycles. The van der Waals surface area contributed by atoms with Crippen LogP contribution in [0.5, 0.6) is 0 Å². The average Bonchev–Trinajstić information content (AvgIpc) is 2.74. The largest absolute Gasteiger partial charge is 0.393 e. The van der Waals surface area contributed by atoms with Crippen LogP contribution in [0.1, 0.15) is 24.8 Å². The zero-order valence-electron chi connectivity index (χ0n) is 9.98. The number of hydrogen-bond donors (Lipinski definition) is 4. The van der Waals surface area contributed by atoms with Crippen LogP contribution in [0.15, 0.2) is 6.33 Å². The van der Waals surface area contributed by atoms with Crippen LogP contribution in [-0.2, 0) is 0 Å². The first-order valence-corrected chi connectivity index (χ1v) is 5.92. The molecule has 1 aliphatic rings. The number of hydrogen-bond acceptors (Lipinski definition) is 6. The number of aliphatic hydroxyl groups excluding tert-OH is 1. The zero-order chi connectivity index (χ0) is 12.3. The van der Waals surface area contributed by atoms with Gasteiger partial charge in [-0.3, -0.25) is 0 Å². The number of hydrazine groups is 1. The van der Waals surface area contributed by atoms with Crippen LogP contribution >= 0.6 is 0 Å². The van der Waals surface area contributed by atoms with E-state index in [1.807, 2.05) is 6.92 Å². The first kappa shape index (κ1) is 12.1. The Labute approximate surface area is 101 Å². The number of nitrogen functional groups attached to an aromatic ring is 1. The normalized spacial score (nSPS) is 23.7. The van der Waals surface area contributed by atoms with Gasteiger partial charge in [0.15, 0.2) is 0 Å². The van der Waals surface area contributed by atoms with Crippen LogP contribution < -0.4 is 16.6 Å². The van der Waals surface area contributed by atoms with Gasteiger partial charge in [0.05, 0.1) is 6.10 Å². The van der Waals surface area contributed by atoms with Gasteiger partial charge in [-0.2, -0.15) is 0 Å². The van der Waals surface area contributed by atoms with Crippen LogP contribution in [0.4, 0.5) is 11.6 Å². The molecule has 0 spiro atoms. The summed E-state index contributed by atoms with van der Waals surface area (Å²) in [4.78, 5) is 8.19. The summed E-state index contributed by atoms with van der Waals surface area (Å²) in [6, 6.07) is 0. The monoisotopic (exact) mass is 237 g/mol. The molecule has 1 saturated carbocycles. The SMILES string of the molecule is Cc1c(NN)ncnc1NCC1CCCC1O. The number of nitrogens with two attached hydrogens (primary N) is 1. The van der Waals surface area contributed by atoms with E-state index in [1.54, 1.807) is 0 Å². The smallest absolute Gasteiger partial charge is 0.148 e. The minimum Gasteiger partial charge on any atom is -0.393 e. The molecule has 1 heterocycles. The first-order chi connectivity index (χ1) is 8.22. The number of aromatic nitrogens is 2. The van der Waals surface area contributed by atoms with Gasteiger partial charge in [-0.15, -0.1) is 0 Å². The third-order valence-electron chi connectivity index (χ3n) is 3.37. The highest BCUT2D eigenvalue weighted by Gasteiger charge is 2.25. The van der Waals surface area contributed by atoms with Gasteiger partial charge in [-0.1, -0.05) is 6.42 Å². The molecule has 0 aliphatic heterocycles. The highest BCUT2D eigenvalue weighted by molar-refractivity contribution is 5.55. The van der Waals surface area contributed by atoms with E-state index in [4.69, 9.17) is 5.84 Å². The summed E-state index contributed by atoms with van der Waals surface area (Å²) in [6.45, 7) is 2.64. The molecule has 94 valence electrons. The Hall–Kier alpha value is -1.40. The van der Waals surface area contributed by atoms with Crippen molar-refractivity contribution in [2.45, 2.75) is 32.3 Å². The minimum absolute atomic E-state index is 0.184. The highest BCUT2D eigenvalue weighted by atomic mass is 16.3. The Bertz CT molecular complexity index is 384. The van der Waals surface area contributed by atoms with Crippen LogP contribution in [0.25, 0.3) is 0 Å². The van der Waals surface area contributed by atoms with Gasteiger partial charge in [-0.25, -0.2) is 15.8 Å². The fourth-order valence-corrected chi connectivity index (χ4v) is 2.26. The van der Waals surface area contributed by atoms with Gasteiger partial charge in [0, 0.05) is 18.0 Å². The Morgan fingerprint density at radius 3 is 2.82 bits per heavy atom. The molecule has 1 aromatic heterocycles. The third kappa shape index (κ3) is 2.65. The van der Waals surface area contributed by atoms with Crippen molar-refractivity contribution >= 4 is 11.6 Å². The molecule has 0 bridgehead atoms. The first-order valence-electron chi connectivity index (χ1n) is 5.92. The lowest BCUT2D eigenvalue weighted by atomic mass is 10.1. The van der Waals surface area contributed by atoms with E-state index in [0.717, 1.165) is 37.2 Å². The summed E-state index contributed by atoms with van der Waals surface area (Å²) in [5.74, 6) is 7.06.